The molecule has 0 aliphatic heterocycles. The molecule has 28 heavy (non-hydrogen) atoms. The van der Waals surface area contributed by atoms with Gasteiger partial charge in [0, 0.05) is 34.0 Å². The van der Waals surface area contributed by atoms with Crippen LogP contribution in [0, 0.1) is 27.0 Å². The standard InChI is InChI=1S/C19H26IN5O3/c1-8(2)11(9-3-4-9)22-16-12-17(24-18(20)23-16)25(7-21-12)13-10-5-19(10,6-26)15(28)14(13)27/h7-11,13-15,26-28H,3-6H2,1-2H3,(H,22,23,24)/t10-,11-,13-,14+,15+,19+/m1/s1. The normalized spacial score (nSPS) is 35.4. The van der Waals surface area contributed by atoms with Crippen LogP contribution in [-0.2, 0) is 0 Å². The smallest absolute Gasteiger partial charge is 0.194 e. The van der Waals surface area contributed by atoms with Gasteiger partial charge in [-0.25, -0.2) is 15.0 Å². The van der Waals surface area contributed by atoms with Crippen molar-refractivity contribution in [2.24, 2.45) is 23.2 Å². The van der Waals surface area contributed by atoms with Crippen LogP contribution >= 0.6 is 22.6 Å². The molecule has 3 aliphatic carbocycles. The molecule has 3 fully saturated rings. The molecule has 2 aromatic rings. The Bertz CT molecular complexity index is 914. The second-order valence-corrected chi connectivity index (χ2v) is 10.0. The zero-order valence-electron chi connectivity index (χ0n) is 16.0. The Hall–Kier alpha value is -1.04. The minimum absolute atomic E-state index is 0.0267. The van der Waals surface area contributed by atoms with E-state index < -0.39 is 17.6 Å². The summed E-state index contributed by atoms with van der Waals surface area (Å²) in [5, 5.41) is 34.5. The molecule has 0 saturated heterocycles. The fourth-order valence-electron chi connectivity index (χ4n) is 5.20. The average Bonchev–Trinajstić information content (AvgIpc) is 3.55. The Balaban J connectivity index is 1.54. The SMILES string of the molecule is CC(C)[C@@H](Nc1nc(I)nc2c1ncn2[C@H]1[C@H](O)[C@H](O)[C@]2(CO)C[C@H]12)C1CC1. The first kappa shape index (κ1) is 19.0. The topological polar surface area (TPSA) is 116 Å². The Morgan fingerprint density at radius 1 is 1.32 bits per heavy atom. The van der Waals surface area contributed by atoms with Crippen molar-refractivity contribution in [3.63, 3.8) is 0 Å². The van der Waals surface area contributed by atoms with Gasteiger partial charge in [-0.05, 0) is 37.0 Å². The minimum atomic E-state index is -0.942. The molecule has 4 N–H and O–H groups in total. The number of fused-ring (bicyclic) bond motifs is 2. The molecule has 2 aromatic heterocycles. The van der Waals surface area contributed by atoms with E-state index in [1.54, 1.807) is 6.33 Å². The molecule has 3 saturated carbocycles. The van der Waals surface area contributed by atoms with Crippen molar-refractivity contribution < 1.29 is 15.3 Å². The molecule has 152 valence electrons. The van der Waals surface area contributed by atoms with Gasteiger partial charge in [-0.3, -0.25) is 0 Å². The van der Waals surface area contributed by atoms with Gasteiger partial charge in [0.2, 0.25) is 0 Å². The molecule has 0 spiro atoms. The van der Waals surface area contributed by atoms with Crippen LogP contribution in [-0.4, -0.2) is 59.7 Å². The predicted octanol–water partition coefficient (Wildman–Crippen LogP) is 1.55. The maximum absolute atomic E-state index is 10.7. The summed E-state index contributed by atoms with van der Waals surface area (Å²) in [5.74, 6) is 1.92. The van der Waals surface area contributed by atoms with E-state index in [0.717, 1.165) is 5.82 Å². The van der Waals surface area contributed by atoms with E-state index in [4.69, 9.17) is 0 Å². The number of hydrogen-bond donors (Lipinski definition) is 4. The number of aliphatic hydroxyl groups excluding tert-OH is 3. The van der Waals surface area contributed by atoms with Crippen LogP contribution in [0.2, 0.25) is 0 Å². The molecular formula is C19H26IN5O3. The van der Waals surface area contributed by atoms with Crippen molar-refractivity contribution in [3.8, 4) is 0 Å². The lowest BCUT2D eigenvalue weighted by Gasteiger charge is -2.24. The van der Waals surface area contributed by atoms with E-state index in [-0.39, 0.29) is 18.6 Å². The summed E-state index contributed by atoms with van der Waals surface area (Å²) in [6.45, 7) is 4.32. The molecule has 2 heterocycles. The number of aliphatic hydroxyl groups is 3. The molecular weight excluding hydrogens is 473 g/mol. The second kappa shape index (κ2) is 6.48. The third-order valence-corrected chi connectivity index (χ3v) is 7.50. The van der Waals surface area contributed by atoms with Gasteiger partial charge in [-0.2, -0.15) is 0 Å². The lowest BCUT2D eigenvalue weighted by atomic mass is 9.99. The van der Waals surface area contributed by atoms with Gasteiger partial charge in [0.15, 0.2) is 20.8 Å². The molecule has 0 radical (unpaired) electrons. The number of imidazole rings is 1. The number of rotatable bonds is 6. The third-order valence-electron chi connectivity index (χ3n) is 7.01. The first-order chi connectivity index (χ1) is 13.4. The van der Waals surface area contributed by atoms with Crippen molar-refractivity contribution in [1.82, 2.24) is 19.5 Å². The van der Waals surface area contributed by atoms with E-state index >= 15 is 0 Å². The number of nitrogens with zero attached hydrogens (tertiary/aromatic N) is 4. The van der Waals surface area contributed by atoms with Gasteiger partial charge in [0.05, 0.1) is 25.1 Å². The van der Waals surface area contributed by atoms with E-state index in [0.29, 0.717) is 39.3 Å². The Labute approximate surface area is 176 Å². The quantitative estimate of drug-likeness (QED) is 0.352. The van der Waals surface area contributed by atoms with Crippen molar-refractivity contribution in [2.45, 2.75) is 57.4 Å². The minimum Gasteiger partial charge on any atom is -0.396 e. The highest BCUT2D eigenvalue weighted by atomic mass is 127. The van der Waals surface area contributed by atoms with Gasteiger partial charge in [-0.15, -0.1) is 0 Å². The summed E-state index contributed by atoms with van der Waals surface area (Å²) in [6, 6.07) is 0.0124. The van der Waals surface area contributed by atoms with Crippen molar-refractivity contribution in [2.75, 3.05) is 11.9 Å². The molecule has 9 heteroatoms. The van der Waals surface area contributed by atoms with Crippen LogP contribution < -0.4 is 5.32 Å². The number of anilines is 1. The zero-order chi connectivity index (χ0) is 19.8. The predicted molar refractivity (Wildman–Crippen MR) is 112 cm³/mol. The number of halogens is 1. The number of hydrogen-bond acceptors (Lipinski definition) is 7. The van der Waals surface area contributed by atoms with Crippen LogP contribution in [0.3, 0.4) is 0 Å². The zero-order valence-corrected chi connectivity index (χ0v) is 18.1. The molecule has 3 aliphatic rings. The summed E-state index contributed by atoms with van der Waals surface area (Å²) in [5.41, 5.74) is 0.768. The molecule has 8 nitrogen and oxygen atoms in total. The van der Waals surface area contributed by atoms with Gasteiger partial charge in [-0.1, -0.05) is 13.8 Å². The Morgan fingerprint density at radius 2 is 2.07 bits per heavy atom. The van der Waals surface area contributed by atoms with Crippen LogP contribution in [0.5, 0.6) is 0 Å². The van der Waals surface area contributed by atoms with Gasteiger partial charge in [0.25, 0.3) is 0 Å². The van der Waals surface area contributed by atoms with Gasteiger partial charge >= 0.3 is 0 Å². The Morgan fingerprint density at radius 3 is 2.68 bits per heavy atom. The maximum Gasteiger partial charge on any atom is 0.194 e. The monoisotopic (exact) mass is 499 g/mol. The summed E-state index contributed by atoms with van der Waals surface area (Å²) in [7, 11) is 0. The second-order valence-electron chi connectivity index (χ2n) is 9.04. The van der Waals surface area contributed by atoms with Crippen LogP contribution in [0.1, 0.15) is 39.2 Å². The highest BCUT2D eigenvalue weighted by Gasteiger charge is 2.71. The van der Waals surface area contributed by atoms with Crippen molar-refractivity contribution in [3.05, 3.63) is 10.2 Å². The van der Waals surface area contributed by atoms with Gasteiger partial charge < -0.3 is 25.2 Å². The fraction of sp³-hybridized carbons (Fsp3) is 0.737. The highest BCUT2D eigenvalue weighted by molar-refractivity contribution is 14.1. The van der Waals surface area contributed by atoms with Crippen LogP contribution in [0.25, 0.3) is 11.2 Å². The first-order valence-corrected chi connectivity index (χ1v) is 11.1. The third kappa shape index (κ3) is 2.69. The summed E-state index contributed by atoms with van der Waals surface area (Å²) in [4.78, 5) is 13.8. The highest BCUT2D eigenvalue weighted by Crippen LogP contribution is 2.67. The molecule has 0 unspecified atom stereocenters. The van der Waals surface area contributed by atoms with Gasteiger partial charge in [0.1, 0.15) is 6.10 Å². The van der Waals surface area contributed by atoms with E-state index in [1.807, 2.05) is 4.57 Å². The summed E-state index contributed by atoms with van der Waals surface area (Å²) in [6.07, 6.45) is 3.01. The molecule has 0 bridgehead atoms. The van der Waals surface area contributed by atoms with E-state index in [9.17, 15) is 15.3 Å². The molecule has 0 aromatic carbocycles. The largest absolute Gasteiger partial charge is 0.396 e. The number of nitrogens with one attached hydrogen (secondary N) is 1. The van der Waals surface area contributed by atoms with Crippen LogP contribution in [0.4, 0.5) is 5.82 Å². The average molecular weight is 499 g/mol. The van der Waals surface area contributed by atoms with E-state index in [1.165, 1.54) is 12.8 Å². The van der Waals surface area contributed by atoms with Crippen molar-refractivity contribution in [1.29, 1.82) is 0 Å². The summed E-state index contributed by atoms with van der Waals surface area (Å²) < 4.78 is 2.49. The van der Waals surface area contributed by atoms with Crippen LogP contribution in [0.15, 0.2) is 6.33 Å². The maximum atomic E-state index is 10.7. The van der Waals surface area contributed by atoms with E-state index in [2.05, 4.69) is 56.7 Å². The fourth-order valence-corrected chi connectivity index (χ4v) is 5.67. The first-order valence-electron chi connectivity index (χ1n) is 10.0. The molecule has 5 rings (SSSR count). The lowest BCUT2D eigenvalue weighted by Crippen LogP contribution is -2.35. The number of aromatic nitrogens is 4. The van der Waals surface area contributed by atoms with Crippen molar-refractivity contribution >= 4 is 39.6 Å². The molecule has 0 amide bonds. The summed E-state index contributed by atoms with van der Waals surface area (Å²) >= 11 is 2.11. The lowest BCUT2D eigenvalue weighted by molar-refractivity contribution is -0.0300. The molecule has 6 atom stereocenters. The Kier molecular flexibility index (Phi) is 4.39.